The van der Waals surface area contributed by atoms with Crippen LogP contribution >= 0.6 is 46.1 Å². The summed E-state index contributed by atoms with van der Waals surface area (Å²) in [5.74, 6) is 1.64. The molecule has 0 saturated heterocycles. The summed E-state index contributed by atoms with van der Waals surface area (Å²) in [5, 5.41) is 6.37. The Hall–Kier alpha value is -1.48. The fraction of sp³-hybridized carbons (Fsp3) is 0.296. The van der Waals surface area contributed by atoms with Crippen LogP contribution in [0.4, 0.5) is 5.69 Å². The van der Waals surface area contributed by atoms with Gasteiger partial charge < -0.3 is 10.6 Å². The van der Waals surface area contributed by atoms with E-state index < -0.39 is 0 Å². The zero-order valence-electron chi connectivity index (χ0n) is 19.9. The fourth-order valence-corrected chi connectivity index (χ4v) is 3.85. The second-order valence-corrected chi connectivity index (χ2v) is 10.4. The topological polar surface area (TPSA) is 41.1 Å². The maximum absolute atomic E-state index is 11.7. The van der Waals surface area contributed by atoms with Crippen LogP contribution in [-0.4, -0.2) is 36.5 Å². The van der Waals surface area contributed by atoms with Crippen molar-refractivity contribution in [3.8, 4) is 0 Å². The third-order valence-electron chi connectivity index (χ3n) is 4.30. The van der Waals surface area contributed by atoms with Gasteiger partial charge >= 0.3 is 0 Å². The second-order valence-electron chi connectivity index (χ2n) is 7.26. The number of amides is 1. The van der Waals surface area contributed by atoms with Crippen molar-refractivity contribution in [2.45, 2.75) is 20.4 Å². The standard InChI is InChI=1S/C13H19IN2OS2.2C7H8/c1-18-6-5-15-8-10-7-11(14)3-4-12(10)16-13(17)9-19-2;2*1-7-5-3-2-4-6-7/h3-4,7,15H,5-6,8-9H2,1-2H3,(H,16,17);2*2-6H,1H3. The molecule has 0 aliphatic carbocycles. The van der Waals surface area contributed by atoms with Gasteiger partial charge in [-0.1, -0.05) is 71.8 Å². The molecule has 0 aliphatic heterocycles. The molecule has 0 radical (unpaired) electrons. The minimum Gasteiger partial charge on any atom is -0.325 e. The lowest BCUT2D eigenvalue weighted by atomic mass is 10.1. The average molecular weight is 595 g/mol. The van der Waals surface area contributed by atoms with E-state index >= 15 is 0 Å². The molecule has 33 heavy (non-hydrogen) atoms. The van der Waals surface area contributed by atoms with Gasteiger partial charge in [-0.3, -0.25) is 4.79 Å². The van der Waals surface area contributed by atoms with Gasteiger partial charge in [-0.2, -0.15) is 23.5 Å². The van der Waals surface area contributed by atoms with Crippen molar-refractivity contribution in [3.05, 3.63) is 99.1 Å². The molecule has 3 aromatic carbocycles. The molecule has 0 bridgehead atoms. The van der Waals surface area contributed by atoms with Crippen molar-refractivity contribution < 1.29 is 4.79 Å². The number of halogens is 1. The van der Waals surface area contributed by atoms with Crippen LogP contribution in [0.25, 0.3) is 0 Å². The number of rotatable bonds is 8. The van der Waals surface area contributed by atoms with Crippen LogP contribution in [0.2, 0.25) is 0 Å². The zero-order valence-corrected chi connectivity index (χ0v) is 23.7. The Balaban J connectivity index is 0.000000313. The van der Waals surface area contributed by atoms with Gasteiger partial charge in [-0.25, -0.2) is 0 Å². The van der Waals surface area contributed by atoms with E-state index in [0.29, 0.717) is 5.75 Å². The smallest absolute Gasteiger partial charge is 0.234 e. The van der Waals surface area contributed by atoms with Crippen molar-refractivity contribution in [2.75, 3.05) is 35.9 Å². The summed E-state index contributed by atoms with van der Waals surface area (Å²) in [6, 6.07) is 26.6. The highest BCUT2D eigenvalue weighted by Crippen LogP contribution is 2.19. The maximum Gasteiger partial charge on any atom is 0.234 e. The first-order valence-electron chi connectivity index (χ1n) is 10.8. The Bertz CT molecular complexity index is 871. The third-order valence-corrected chi connectivity index (χ3v) is 6.13. The fourth-order valence-electron chi connectivity index (χ4n) is 2.61. The molecule has 0 heterocycles. The number of hydrogen-bond acceptors (Lipinski definition) is 4. The first-order valence-corrected chi connectivity index (χ1v) is 14.6. The predicted molar refractivity (Wildman–Crippen MR) is 159 cm³/mol. The summed E-state index contributed by atoms with van der Waals surface area (Å²) in [6.07, 6.45) is 4.03. The Labute approximate surface area is 222 Å². The summed E-state index contributed by atoms with van der Waals surface area (Å²) in [4.78, 5) is 11.7. The van der Waals surface area contributed by atoms with Crippen molar-refractivity contribution in [1.29, 1.82) is 0 Å². The number of anilines is 1. The van der Waals surface area contributed by atoms with Gasteiger partial charge in [0.25, 0.3) is 0 Å². The van der Waals surface area contributed by atoms with E-state index in [0.717, 1.165) is 30.1 Å². The first kappa shape index (κ1) is 29.6. The Morgan fingerprint density at radius 2 is 1.42 bits per heavy atom. The van der Waals surface area contributed by atoms with Gasteiger partial charge in [0.15, 0.2) is 0 Å². The van der Waals surface area contributed by atoms with E-state index in [1.54, 1.807) is 0 Å². The molecule has 2 N–H and O–H groups in total. The molecular formula is C27H35IN2OS2. The van der Waals surface area contributed by atoms with Crippen LogP contribution in [0, 0.1) is 17.4 Å². The van der Waals surface area contributed by atoms with Crippen LogP contribution in [0.1, 0.15) is 16.7 Å². The van der Waals surface area contributed by atoms with Crippen LogP contribution in [0.5, 0.6) is 0 Å². The van der Waals surface area contributed by atoms with Crippen LogP contribution in [0.15, 0.2) is 78.9 Å². The van der Waals surface area contributed by atoms with Crippen molar-refractivity contribution in [2.24, 2.45) is 0 Å². The van der Waals surface area contributed by atoms with Crippen molar-refractivity contribution in [1.82, 2.24) is 5.32 Å². The summed E-state index contributed by atoms with van der Waals surface area (Å²) in [5.41, 5.74) is 4.70. The van der Waals surface area contributed by atoms with Gasteiger partial charge in [0.2, 0.25) is 5.91 Å². The van der Waals surface area contributed by atoms with Gasteiger partial charge in [-0.15, -0.1) is 0 Å². The number of aryl methyl sites for hydroxylation is 2. The minimum absolute atomic E-state index is 0.0547. The largest absolute Gasteiger partial charge is 0.325 e. The zero-order chi connectivity index (χ0) is 24.3. The number of hydrogen-bond donors (Lipinski definition) is 2. The molecule has 0 spiro atoms. The molecule has 3 nitrogen and oxygen atoms in total. The normalized spacial score (nSPS) is 9.73. The van der Waals surface area contributed by atoms with Gasteiger partial charge in [-0.05, 0) is 72.7 Å². The molecule has 1 amide bonds. The Kier molecular flexibility index (Phi) is 16.9. The lowest BCUT2D eigenvalue weighted by molar-refractivity contribution is -0.113. The van der Waals surface area contributed by atoms with Crippen molar-refractivity contribution >= 4 is 57.7 Å². The molecule has 3 rings (SSSR count). The average Bonchev–Trinajstić information content (AvgIpc) is 2.80. The van der Waals surface area contributed by atoms with Gasteiger partial charge in [0, 0.05) is 28.1 Å². The number of thioether (sulfide) groups is 2. The maximum atomic E-state index is 11.7. The molecule has 3 aromatic rings. The third kappa shape index (κ3) is 15.1. The number of carbonyl (C=O) groups is 1. The monoisotopic (exact) mass is 594 g/mol. The van der Waals surface area contributed by atoms with E-state index in [4.69, 9.17) is 0 Å². The molecule has 0 aromatic heterocycles. The summed E-state index contributed by atoms with van der Waals surface area (Å²) >= 11 is 5.65. The molecule has 0 unspecified atom stereocenters. The van der Waals surface area contributed by atoms with E-state index in [1.165, 1.54) is 26.5 Å². The summed E-state index contributed by atoms with van der Waals surface area (Å²) in [6.45, 7) is 5.93. The van der Waals surface area contributed by atoms with E-state index in [-0.39, 0.29) is 5.91 Å². The highest BCUT2D eigenvalue weighted by atomic mass is 127. The van der Waals surface area contributed by atoms with Gasteiger partial charge in [0.05, 0.1) is 5.75 Å². The number of carbonyl (C=O) groups excluding carboxylic acids is 1. The second kappa shape index (κ2) is 18.9. The lowest BCUT2D eigenvalue weighted by Gasteiger charge is -2.12. The summed E-state index contributed by atoms with van der Waals surface area (Å²) in [7, 11) is 0. The number of nitrogens with one attached hydrogen (secondary N) is 2. The highest BCUT2D eigenvalue weighted by molar-refractivity contribution is 14.1. The van der Waals surface area contributed by atoms with Crippen LogP contribution in [-0.2, 0) is 11.3 Å². The summed E-state index contributed by atoms with van der Waals surface area (Å²) < 4.78 is 1.18. The SMILES string of the molecule is CSCCNCc1cc(I)ccc1NC(=O)CSC.Cc1ccccc1.Cc1ccccc1. The van der Waals surface area contributed by atoms with E-state index in [1.807, 2.05) is 66.5 Å². The van der Waals surface area contributed by atoms with E-state index in [2.05, 4.69) is 83.7 Å². The first-order chi connectivity index (χ1) is 16.0. The molecule has 0 fully saturated rings. The van der Waals surface area contributed by atoms with Gasteiger partial charge in [0.1, 0.15) is 0 Å². The number of benzene rings is 3. The molecule has 6 heteroatoms. The molecular weight excluding hydrogens is 559 g/mol. The van der Waals surface area contributed by atoms with Crippen LogP contribution < -0.4 is 10.6 Å². The highest BCUT2D eigenvalue weighted by Gasteiger charge is 2.07. The Morgan fingerprint density at radius 1 is 0.848 bits per heavy atom. The quantitative estimate of drug-likeness (QED) is 0.217. The molecule has 0 aliphatic rings. The predicted octanol–water partition coefficient (Wildman–Crippen LogP) is 7.04. The van der Waals surface area contributed by atoms with Crippen LogP contribution in [0.3, 0.4) is 0 Å². The Morgan fingerprint density at radius 3 is 1.88 bits per heavy atom. The molecule has 0 atom stereocenters. The van der Waals surface area contributed by atoms with Crippen molar-refractivity contribution in [3.63, 3.8) is 0 Å². The minimum atomic E-state index is 0.0547. The molecule has 178 valence electrons. The van der Waals surface area contributed by atoms with E-state index in [9.17, 15) is 4.79 Å². The molecule has 0 saturated carbocycles. The lowest BCUT2D eigenvalue weighted by Crippen LogP contribution is -2.20.